The number of benzene rings is 2. The Kier molecular flexibility index (Phi) is 8.28. The van der Waals surface area contributed by atoms with Gasteiger partial charge in [0.2, 0.25) is 0 Å². The molecule has 2 aromatic carbocycles. The molecule has 166 valence electrons. The van der Waals surface area contributed by atoms with Crippen molar-refractivity contribution in [1.82, 2.24) is 5.32 Å². The van der Waals surface area contributed by atoms with Crippen molar-refractivity contribution in [2.75, 3.05) is 19.0 Å². The Labute approximate surface area is 195 Å². The lowest BCUT2D eigenvalue weighted by Crippen LogP contribution is -2.33. The molecule has 0 spiro atoms. The van der Waals surface area contributed by atoms with Crippen molar-refractivity contribution in [3.05, 3.63) is 58.1 Å². The number of methoxy groups -OCH3 is 1. The van der Waals surface area contributed by atoms with Crippen LogP contribution in [0.4, 0.5) is 5.69 Å². The van der Waals surface area contributed by atoms with Gasteiger partial charge in [-0.15, -0.1) is 0 Å². The van der Waals surface area contributed by atoms with Gasteiger partial charge in [0, 0.05) is 16.2 Å². The summed E-state index contributed by atoms with van der Waals surface area (Å²) in [6.45, 7) is -0.208. The molecule has 0 saturated heterocycles. The van der Waals surface area contributed by atoms with E-state index in [2.05, 4.69) is 26.6 Å². The van der Waals surface area contributed by atoms with Crippen molar-refractivity contribution < 1.29 is 19.1 Å². The van der Waals surface area contributed by atoms with Gasteiger partial charge in [0.05, 0.1) is 7.11 Å². The monoisotopic (exact) mass is 497 g/mol. The highest BCUT2D eigenvalue weighted by Crippen LogP contribution is 2.34. The lowest BCUT2D eigenvalue weighted by atomic mass is 10.1. The minimum absolute atomic E-state index is 0.00978. The van der Waals surface area contributed by atoms with Crippen LogP contribution in [0.5, 0.6) is 11.5 Å². The van der Waals surface area contributed by atoms with Gasteiger partial charge in [-0.2, -0.15) is 5.26 Å². The van der Waals surface area contributed by atoms with Crippen molar-refractivity contribution in [1.29, 1.82) is 5.26 Å². The van der Waals surface area contributed by atoms with Crippen LogP contribution in [0.2, 0.25) is 0 Å². The van der Waals surface area contributed by atoms with E-state index >= 15 is 0 Å². The molecule has 0 radical (unpaired) electrons. The van der Waals surface area contributed by atoms with E-state index < -0.39 is 0 Å². The molecule has 2 amide bonds. The fourth-order valence-corrected chi connectivity index (χ4v) is 3.87. The Morgan fingerprint density at radius 2 is 1.91 bits per heavy atom. The number of ether oxygens (including phenoxy) is 2. The molecule has 0 heterocycles. The quantitative estimate of drug-likeness (QED) is 0.414. The van der Waals surface area contributed by atoms with Crippen LogP contribution >= 0.6 is 15.9 Å². The van der Waals surface area contributed by atoms with Crippen LogP contribution in [0, 0.1) is 11.3 Å². The normalized spacial score (nSPS) is 13.8. The van der Waals surface area contributed by atoms with Crippen molar-refractivity contribution in [3.8, 4) is 17.6 Å². The van der Waals surface area contributed by atoms with Gasteiger partial charge in [-0.3, -0.25) is 9.59 Å². The maximum Gasteiger partial charge on any atom is 0.262 e. The number of halogens is 1. The molecule has 0 atom stereocenters. The Morgan fingerprint density at radius 3 is 2.56 bits per heavy atom. The molecule has 7 nitrogen and oxygen atoms in total. The van der Waals surface area contributed by atoms with E-state index in [1.165, 1.54) is 13.2 Å². The number of nitriles is 1. The molecule has 1 aliphatic carbocycles. The molecule has 32 heavy (non-hydrogen) atoms. The molecule has 0 bridgehead atoms. The van der Waals surface area contributed by atoms with Crippen molar-refractivity contribution >= 4 is 39.5 Å². The number of amides is 2. The summed E-state index contributed by atoms with van der Waals surface area (Å²) < 4.78 is 11.6. The summed E-state index contributed by atoms with van der Waals surface area (Å²) in [5.41, 5.74) is 1.27. The topological polar surface area (TPSA) is 100 Å². The number of nitrogens with zero attached hydrogens (tertiary/aromatic N) is 1. The van der Waals surface area contributed by atoms with Gasteiger partial charge in [-0.25, -0.2) is 0 Å². The molecule has 2 N–H and O–H groups in total. The average molecular weight is 498 g/mol. The molecular formula is C24H24BrN3O4. The van der Waals surface area contributed by atoms with Crippen molar-refractivity contribution in [2.45, 2.75) is 31.7 Å². The standard InChI is InChI=1S/C24H24BrN3O4/c1-31-21-12-16(11-17(14-26)24(30)28-19-9-5-6-10-19)20(25)13-22(21)32-15-23(29)27-18-7-3-2-4-8-18/h2-4,7-8,11-13,19H,5-6,9-10,15H2,1H3,(H,27,29)(H,28,30)/b17-11-. The minimum atomic E-state index is -0.386. The molecule has 8 heteroatoms. The van der Waals surface area contributed by atoms with E-state index in [0.29, 0.717) is 27.2 Å². The maximum absolute atomic E-state index is 12.5. The molecule has 2 aromatic rings. The van der Waals surface area contributed by atoms with Crippen molar-refractivity contribution in [3.63, 3.8) is 0 Å². The summed E-state index contributed by atoms with van der Waals surface area (Å²) >= 11 is 3.44. The summed E-state index contributed by atoms with van der Waals surface area (Å²) in [6.07, 6.45) is 5.55. The Hall–Kier alpha value is -3.31. The first kappa shape index (κ1) is 23.4. The first-order chi connectivity index (χ1) is 15.5. The number of carbonyl (C=O) groups excluding carboxylic acids is 2. The number of rotatable bonds is 8. The number of hydrogen-bond acceptors (Lipinski definition) is 5. The van der Waals surface area contributed by atoms with Gasteiger partial charge < -0.3 is 20.1 Å². The third kappa shape index (κ3) is 6.34. The number of carbonyl (C=O) groups is 2. The fraction of sp³-hybridized carbons (Fsp3) is 0.292. The Morgan fingerprint density at radius 1 is 1.19 bits per heavy atom. The number of hydrogen-bond donors (Lipinski definition) is 2. The van der Waals surface area contributed by atoms with Gasteiger partial charge in [0.25, 0.3) is 11.8 Å². The van der Waals surface area contributed by atoms with Gasteiger partial charge in [-0.05, 0) is 48.7 Å². The molecule has 0 aliphatic heterocycles. The van der Waals surface area contributed by atoms with Gasteiger partial charge in [-0.1, -0.05) is 47.0 Å². The highest BCUT2D eigenvalue weighted by molar-refractivity contribution is 9.10. The predicted molar refractivity (Wildman–Crippen MR) is 125 cm³/mol. The third-order valence-corrected chi connectivity index (χ3v) is 5.74. The van der Waals surface area contributed by atoms with E-state index in [0.717, 1.165) is 25.7 Å². The largest absolute Gasteiger partial charge is 0.493 e. The zero-order valence-electron chi connectivity index (χ0n) is 17.7. The highest BCUT2D eigenvalue weighted by atomic mass is 79.9. The zero-order chi connectivity index (χ0) is 22.9. The highest BCUT2D eigenvalue weighted by Gasteiger charge is 2.20. The van der Waals surface area contributed by atoms with Crippen LogP contribution < -0.4 is 20.1 Å². The summed E-state index contributed by atoms with van der Waals surface area (Å²) in [5.74, 6) is 0.0333. The van der Waals surface area contributed by atoms with E-state index in [9.17, 15) is 14.9 Å². The van der Waals surface area contributed by atoms with Crippen LogP contribution in [0.3, 0.4) is 0 Å². The third-order valence-electron chi connectivity index (χ3n) is 5.05. The molecule has 1 aliphatic rings. The second kappa shape index (κ2) is 11.3. The van der Waals surface area contributed by atoms with Gasteiger partial charge >= 0.3 is 0 Å². The number of anilines is 1. The molecule has 1 saturated carbocycles. The van der Waals surface area contributed by atoms with Crippen LogP contribution in [0.25, 0.3) is 6.08 Å². The molecule has 1 fully saturated rings. The van der Waals surface area contributed by atoms with E-state index in [1.807, 2.05) is 24.3 Å². The first-order valence-electron chi connectivity index (χ1n) is 10.3. The summed E-state index contributed by atoms with van der Waals surface area (Å²) in [6, 6.07) is 14.5. The smallest absolute Gasteiger partial charge is 0.262 e. The number of para-hydroxylation sites is 1. The van der Waals surface area contributed by atoms with Gasteiger partial charge in [0.1, 0.15) is 11.6 Å². The van der Waals surface area contributed by atoms with Crippen LogP contribution in [0.15, 0.2) is 52.5 Å². The van der Waals surface area contributed by atoms with Crippen LogP contribution in [-0.2, 0) is 9.59 Å². The summed E-state index contributed by atoms with van der Waals surface area (Å²) in [4.78, 5) is 24.6. The first-order valence-corrected chi connectivity index (χ1v) is 11.1. The SMILES string of the molecule is COc1cc(/C=C(/C#N)C(=O)NC2CCCC2)c(Br)cc1OCC(=O)Nc1ccccc1. The molecule has 3 rings (SSSR count). The molecule has 0 aromatic heterocycles. The maximum atomic E-state index is 12.5. The summed E-state index contributed by atoms with van der Waals surface area (Å²) in [7, 11) is 1.48. The minimum Gasteiger partial charge on any atom is -0.493 e. The van der Waals surface area contributed by atoms with E-state index in [-0.39, 0.29) is 30.0 Å². The fourth-order valence-electron chi connectivity index (χ4n) is 3.43. The summed E-state index contributed by atoms with van der Waals surface area (Å²) in [5, 5.41) is 15.1. The number of nitrogens with one attached hydrogen (secondary N) is 2. The Balaban J connectivity index is 1.70. The second-order valence-corrected chi connectivity index (χ2v) is 8.21. The van der Waals surface area contributed by atoms with Gasteiger partial charge in [0.15, 0.2) is 18.1 Å². The predicted octanol–water partition coefficient (Wildman–Crippen LogP) is 4.44. The van der Waals surface area contributed by atoms with E-state index in [1.54, 1.807) is 24.3 Å². The van der Waals surface area contributed by atoms with Crippen LogP contribution in [-0.4, -0.2) is 31.6 Å². The van der Waals surface area contributed by atoms with E-state index in [4.69, 9.17) is 9.47 Å². The molecular weight excluding hydrogens is 474 g/mol. The lowest BCUT2D eigenvalue weighted by molar-refractivity contribution is -0.118. The average Bonchev–Trinajstić information content (AvgIpc) is 3.30. The van der Waals surface area contributed by atoms with Crippen LogP contribution in [0.1, 0.15) is 31.2 Å². The second-order valence-electron chi connectivity index (χ2n) is 7.35. The lowest BCUT2D eigenvalue weighted by Gasteiger charge is -2.14. The Bertz CT molecular complexity index is 1040. The van der Waals surface area contributed by atoms with Crippen molar-refractivity contribution in [2.24, 2.45) is 0 Å². The molecule has 0 unspecified atom stereocenters. The zero-order valence-corrected chi connectivity index (χ0v) is 19.3.